The molecular weight excluding hydrogens is 195 g/mol. The summed E-state index contributed by atoms with van der Waals surface area (Å²) < 4.78 is 5.44. The summed E-state index contributed by atoms with van der Waals surface area (Å²) in [7, 11) is 4.01. The molecule has 0 saturated carbocycles. The molecule has 1 aliphatic carbocycles. The summed E-state index contributed by atoms with van der Waals surface area (Å²) >= 11 is 0. The van der Waals surface area contributed by atoms with Crippen molar-refractivity contribution in [3.63, 3.8) is 0 Å². The normalized spacial score (nSPS) is 14.2. The Balaban J connectivity index is 2.31. The summed E-state index contributed by atoms with van der Waals surface area (Å²) in [5, 5.41) is 0. The number of hydrogen-bond donors (Lipinski definition) is 0. The van der Waals surface area contributed by atoms with Crippen LogP contribution < -0.4 is 4.74 Å². The highest BCUT2D eigenvalue weighted by Crippen LogP contribution is 2.34. The van der Waals surface area contributed by atoms with E-state index in [9.17, 15) is 0 Å². The molecule has 0 heterocycles. The Hall–Kier alpha value is -1.18. The highest BCUT2D eigenvalue weighted by molar-refractivity contribution is 6.08. The lowest BCUT2D eigenvalue weighted by atomic mass is 9.86. The number of hydrogen-bond acceptors (Lipinski definition) is 1. The van der Waals surface area contributed by atoms with Crippen LogP contribution in [0, 0.1) is 0 Å². The highest BCUT2D eigenvalue weighted by atomic mass is 16.5. The lowest BCUT2D eigenvalue weighted by molar-refractivity contribution is 0.409. The molecule has 1 aromatic carbocycles. The maximum atomic E-state index is 5.44. The number of methoxy groups -OCH3 is 1. The molecule has 84 valence electrons. The third-order valence-corrected chi connectivity index (χ3v) is 3.28. The van der Waals surface area contributed by atoms with Crippen LogP contribution in [0.5, 0.6) is 5.75 Å². The number of allylic oxidation sites excluding steroid dienone is 2. The van der Waals surface area contributed by atoms with Gasteiger partial charge in [-0.05, 0) is 36.5 Å². The molecular formula is C14H19BO. The summed E-state index contributed by atoms with van der Waals surface area (Å²) in [6.45, 7) is 0. The molecule has 0 unspecified atom stereocenters. The third-order valence-electron chi connectivity index (χ3n) is 3.28. The van der Waals surface area contributed by atoms with Crippen LogP contribution in [0.1, 0.15) is 30.4 Å². The number of ether oxygens (including phenoxy) is 1. The van der Waals surface area contributed by atoms with Crippen molar-refractivity contribution in [3.05, 3.63) is 35.4 Å². The average molecular weight is 214 g/mol. The Kier molecular flexibility index (Phi) is 3.71. The van der Waals surface area contributed by atoms with Crippen molar-refractivity contribution >= 4 is 13.4 Å². The third kappa shape index (κ3) is 2.16. The Bertz CT molecular complexity index is 396. The van der Waals surface area contributed by atoms with Gasteiger partial charge in [-0.2, -0.15) is 0 Å². The van der Waals surface area contributed by atoms with E-state index in [1.807, 2.05) is 0 Å². The summed E-state index contributed by atoms with van der Waals surface area (Å²) in [6.07, 6.45) is 8.43. The Morgan fingerprint density at radius 3 is 3.00 bits per heavy atom. The largest absolute Gasteiger partial charge is 0.496 e. The maximum absolute atomic E-state index is 5.44. The first kappa shape index (κ1) is 11.3. The minimum Gasteiger partial charge on any atom is -0.496 e. The van der Waals surface area contributed by atoms with E-state index in [1.165, 1.54) is 35.9 Å². The van der Waals surface area contributed by atoms with Gasteiger partial charge < -0.3 is 4.74 Å². The fourth-order valence-corrected chi connectivity index (χ4v) is 2.42. The minimum atomic E-state index is 1.06. The molecule has 2 heteroatoms. The van der Waals surface area contributed by atoms with Gasteiger partial charge in [0.1, 0.15) is 13.6 Å². The van der Waals surface area contributed by atoms with E-state index in [-0.39, 0.29) is 0 Å². The van der Waals surface area contributed by atoms with Crippen LogP contribution in [0.25, 0.3) is 5.57 Å². The second kappa shape index (κ2) is 5.24. The first-order valence-electron chi connectivity index (χ1n) is 6.22. The quantitative estimate of drug-likeness (QED) is 0.700. The Morgan fingerprint density at radius 2 is 2.25 bits per heavy atom. The summed E-state index contributed by atoms with van der Waals surface area (Å²) in [5.74, 6) is 1.06. The highest BCUT2D eigenvalue weighted by Gasteiger charge is 2.15. The molecule has 0 bridgehead atoms. The molecule has 0 aromatic heterocycles. The van der Waals surface area contributed by atoms with Crippen LogP contribution in [0.3, 0.4) is 0 Å². The Labute approximate surface area is 98.9 Å². The fraction of sp³-hybridized carbons (Fsp3) is 0.429. The molecule has 0 fully saturated rings. The van der Waals surface area contributed by atoms with E-state index in [4.69, 9.17) is 4.74 Å². The average Bonchev–Trinajstić information content (AvgIpc) is 2.35. The fourth-order valence-electron chi connectivity index (χ4n) is 2.42. The van der Waals surface area contributed by atoms with Gasteiger partial charge in [0.25, 0.3) is 0 Å². The standard InChI is InChI=1S/C14H19BO/c1-16-14-9-3-7-12-11(6-4-10-15)5-2-8-13(12)14/h3,5,7,9H,2,4,6,8,10,15H2,1H3. The maximum Gasteiger partial charge on any atom is 0.122 e. The first-order valence-corrected chi connectivity index (χ1v) is 6.22. The molecule has 16 heavy (non-hydrogen) atoms. The first-order chi connectivity index (χ1) is 7.86. The van der Waals surface area contributed by atoms with Gasteiger partial charge in [-0.1, -0.05) is 30.9 Å². The molecule has 2 rings (SSSR count). The van der Waals surface area contributed by atoms with E-state index in [0.717, 1.165) is 18.6 Å². The SMILES string of the molecule is BCCCC1=CCCc2c(OC)cccc21. The zero-order valence-electron chi connectivity index (χ0n) is 10.3. The molecule has 0 amide bonds. The molecule has 0 spiro atoms. The predicted octanol–water partition coefficient (Wildman–Crippen LogP) is 2.86. The van der Waals surface area contributed by atoms with Crippen molar-refractivity contribution in [3.8, 4) is 5.75 Å². The molecule has 0 N–H and O–H groups in total. The van der Waals surface area contributed by atoms with E-state index < -0.39 is 0 Å². The second-order valence-corrected chi connectivity index (χ2v) is 4.36. The van der Waals surface area contributed by atoms with Crippen LogP contribution in [0.4, 0.5) is 0 Å². The lowest BCUT2D eigenvalue weighted by Crippen LogP contribution is -2.02. The van der Waals surface area contributed by atoms with Crippen molar-refractivity contribution in [1.29, 1.82) is 0 Å². The van der Waals surface area contributed by atoms with Crippen molar-refractivity contribution < 1.29 is 4.74 Å². The zero-order valence-corrected chi connectivity index (χ0v) is 10.3. The van der Waals surface area contributed by atoms with Crippen LogP contribution in [-0.4, -0.2) is 15.0 Å². The van der Waals surface area contributed by atoms with Gasteiger partial charge in [-0.3, -0.25) is 0 Å². The van der Waals surface area contributed by atoms with Crippen LogP contribution in [-0.2, 0) is 6.42 Å². The monoisotopic (exact) mass is 214 g/mol. The molecule has 0 radical (unpaired) electrons. The summed E-state index contributed by atoms with van der Waals surface area (Å²) in [4.78, 5) is 0. The molecule has 0 atom stereocenters. The number of fused-ring (bicyclic) bond motifs is 1. The van der Waals surface area contributed by atoms with Gasteiger partial charge in [0.15, 0.2) is 0 Å². The number of benzene rings is 1. The molecule has 1 nitrogen and oxygen atoms in total. The van der Waals surface area contributed by atoms with E-state index in [0.29, 0.717) is 0 Å². The van der Waals surface area contributed by atoms with Crippen LogP contribution >= 0.6 is 0 Å². The molecule has 1 aliphatic rings. The van der Waals surface area contributed by atoms with E-state index >= 15 is 0 Å². The smallest absolute Gasteiger partial charge is 0.122 e. The predicted molar refractivity (Wildman–Crippen MR) is 71.9 cm³/mol. The van der Waals surface area contributed by atoms with Crippen LogP contribution in [0.15, 0.2) is 24.3 Å². The zero-order chi connectivity index (χ0) is 11.4. The molecule has 1 aromatic rings. The summed E-state index contributed by atoms with van der Waals surface area (Å²) in [6, 6.07) is 6.41. The van der Waals surface area contributed by atoms with Crippen molar-refractivity contribution in [1.82, 2.24) is 0 Å². The molecule has 0 saturated heterocycles. The van der Waals surface area contributed by atoms with Gasteiger partial charge in [0.2, 0.25) is 0 Å². The second-order valence-electron chi connectivity index (χ2n) is 4.36. The summed E-state index contributed by atoms with van der Waals surface area (Å²) in [5.41, 5.74) is 4.33. The minimum absolute atomic E-state index is 1.06. The van der Waals surface area contributed by atoms with Gasteiger partial charge in [0.05, 0.1) is 7.11 Å². The van der Waals surface area contributed by atoms with Gasteiger partial charge in [-0.15, -0.1) is 0 Å². The topological polar surface area (TPSA) is 9.23 Å². The van der Waals surface area contributed by atoms with Crippen molar-refractivity contribution in [2.24, 2.45) is 0 Å². The lowest BCUT2D eigenvalue weighted by Gasteiger charge is -2.20. The Morgan fingerprint density at radius 1 is 1.38 bits per heavy atom. The van der Waals surface area contributed by atoms with Crippen molar-refractivity contribution in [2.75, 3.05) is 7.11 Å². The van der Waals surface area contributed by atoms with Gasteiger partial charge >= 0.3 is 0 Å². The number of rotatable bonds is 4. The molecule has 0 aliphatic heterocycles. The van der Waals surface area contributed by atoms with Crippen LogP contribution in [0.2, 0.25) is 6.32 Å². The van der Waals surface area contributed by atoms with Crippen molar-refractivity contribution in [2.45, 2.75) is 32.0 Å². The van der Waals surface area contributed by atoms with Gasteiger partial charge in [-0.25, -0.2) is 0 Å². The van der Waals surface area contributed by atoms with E-state index in [2.05, 4.69) is 32.1 Å². The van der Waals surface area contributed by atoms with Gasteiger partial charge in [0, 0.05) is 5.56 Å². The van der Waals surface area contributed by atoms with E-state index in [1.54, 1.807) is 7.11 Å².